The van der Waals surface area contributed by atoms with Crippen LogP contribution in [-0.4, -0.2) is 158 Å². The number of cyclic esters (lactones) is 1. The van der Waals surface area contributed by atoms with Crippen molar-refractivity contribution in [2.24, 2.45) is 23.7 Å². The van der Waals surface area contributed by atoms with Gasteiger partial charge in [-0.1, -0.05) is 27.7 Å². The summed E-state index contributed by atoms with van der Waals surface area (Å²) in [5, 5.41) is 34.1. The van der Waals surface area contributed by atoms with Crippen LogP contribution >= 0.6 is 0 Å². The van der Waals surface area contributed by atoms with Crippen LogP contribution in [0.2, 0.25) is 0 Å². The number of nitrogens with zero attached hydrogens (tertiary/aromatic N) is 1. The Labute approximate surface area is 332 Å². The summed E-state index contributed by atoms with van der Waals surface area (Å²) >= 11 is 0. The number of rotatable bonds is 10. The molecule has 0 bridgehead atoms. The molecule has 0 spiro atoms. The molecular formula is C38H69NO16S. The topological polar surface area (TPSA) is 226 Å². The number of ketones is 1. The Kier molecular flexibility index (Phi) is 16.5. The Morgan fingerprint density at radius 2 is 1.45 bits per heavy atom. The zero-order valence-electron chi connectivity index (χ0n) is 35.5. The normalized spacial score (nSPS) is 46.7. The number of carbonyl (C=O) groups is 2. The predicted molar refractivity (Wildman–Crippen MR) is 201 cm³/mol. The molecule has 0 unspecified atom stereocenters. The Hall–Kier alpha value is -1.39. The van der Waals surface area contributed by atoms with Gasteiger partial charge in [0.25, 0.3) is 0 Å². The Balaban J connectivity index is 2.29. The van der Waals surface area contributed by atoms with Crippen LogP contribution in [0.5, 0.6) is 0 Å². The first-order chi connectivity index (χ1) is 25.7. The zero-order chi connectivity index (χ0) is 42.9. The summed E-state index contributed by atoms with van der Waals surface area (Å²) in [5.74, 6) is -5.13. The molecule has 18 atom stereocenters. The van der Waals surface area contributed by atoms with Gasteiger partial charge in [0.2, 0.25) is 0 Å². The van der Waals surface area contributed by atoms with Crippen LogP contribution in [-0.2, 0) is 57.3 Å². The van der Waals surface area contributed by atoms with Gasteiger partial charge in [-0.2, -0.15) is 8.42 Å². The molecule has 56 heavy (non-hydrogen) atoms. The number of carbonyl (C=O) groups excluding carboxylic acids is 2. The van der Waals surface area contributed by atoms with E-state index in [2.05, 4.69) is 0 Å². The fraction of sp³-hybridized carbons (Fsp3) is 0.947. The lowest BCUT2D eigenvalue weighted by molar-refractivity contribution is -0.317. The molecular weight excluding hydrogens is 758 g/mol. The van der Waals surface area contributed by atoms with Crippen molar-refractivity contribution in [2.75, 3.05) is 28.3 Å². The van der Waals surface area contributed by atoms with Gasteiger partial charge < -0.3 is 53.4 Å². The minimum Gasteiger partial charge on any atom is -0.459 e. The molecule has 0 amide bonds. The highest BCUT2D eigenvalue weighted by Gasteiger charge is 2.54. The molecule has 17 nitrogen and oxygen atoms in total. The van der Waals surface area contributed by atoms with Crippen LogP contribution in [0.3, 0.4) is 0 Å². The molecule has 0 aromatic heterocycles. The molecule has 3 aliphatic rings. The molecule has 3 heterocycles. The third kappa shape index (κ3) is 10.9. The van der Waals surface area contributed by atoms with E-state index in [1.54, 1.807) is 74.4 Å². The lowest BCUT2D eigenvalue weighted by atomic mass is 9.74. The van der Waals surface area contributed by atoms with Gasteiger partial charge in [0, 0.05) is 44.4 Å². The number of hydrogen-bond acceptors (Lipinski definition) is 16. The molecule has 3 saturated heterocycles. The summed E-state index contributed by atoms with van der Waals surface area (Å²) < 4.78 is 83.4. The smallest absolute Gasteiger partial charge is 0.397 e. The van der Waals surface area contributed by atoms with Gasteiger partial charge in [-0.25, -0.2) is 4.18 Å². The van der Waals surface area contributed by atoms with E-state index in [9.17, 15) is 37.9 Å². The highest BCUT2D eigenvalue weighted by Crippen LogP contribution is 2.42. The number of aliphatic hydroxyl groups is 3. The van der Waals surface area contributed by atoms with Gasteiger partial charge in [-0.05, 0) is 74.9 Å². The highest BCUT2D eigenvalue weighted by molar-refractivity contribution is 7.80. The molecule has 328 valence electrons. The number of methoxy groups -OCH3 is 2. The summed E-state index contributed by atoms with van der Waals surface area (Å²) in [5.41, 5.74) is -4.56. The van der Waals surface area contributed by atoms with Crippen molar-refractivity contribution in [2.45, 2.75) is 179 Å². The molecule has 18 heteroatoms. The van der Waals surface area contributed by atoms with E-state index in [4.69, 9.17) is 37.3 Å². The number of aliphatic hydroxyl groups excluding tert-OH is 2. The summed E-state index contributed by atoms with van der Waals surface area (Å²) in [6.45, 7) is 16.3. The maximum absolute atomic E-state index is 14.3. The van der Waals surface area contributed by atoms with E-state index in [-0.39, 0.29) is 19.3 Å². The second kappa shape index (κ2) is 18.9. The molecule has 0 aromatic rings. The summed E-state index contributed by atoms with van der Waals surface area (Å²) in [4.78, 5) is 30.0. The quantitative estimate of drug-likeness (QED) is 0.183. The summed E-state index contributed by atoms with van der Waals surface area (Å²) in [7, 11) is 1.30. The first-order valence-corrected chi connectivity index (χ1v) is 20.9. The van der Waals surface area contributed by atoms with E-state index in [0.717, 1.165) is 0 Å². The van der Waals surface area contributed by atoms with E-state index in [1.165, 1.54) is 28.1 Å². The first-order valence-electron chi connectivity index (χ1n) is 19.5. The van der Waals surface area contributed by atoms with Gasteiger partial charge in [0.15, 0.2) is 12.6 Å². The molecule has 3 aliphatic heterocycles. The molecule has 0 saturated carbocycles. The number of hydrogen-bond donors (Lipinski definition) is 4. The van der Waals surface area contributed by atoms with E-state index < -0.39 is 130 Å². The molecule has 0 radical (unpaired) electrons. The Morgan fingerprint density at radius 1 is 0.857 bits per heavy atom. The highest BCUT2D eigenvalue weighted by atomic mass is 32.3. The maximum atomic E-state index is 14.3. The van der Waals surface area contributed by atoms with E-state index >= 15 is 0 Å². The number of ether oxygens (including phenoxy) is 7. The van der Waals surface area contributed by atoms with Gasteiger partial charge in [-0.3, -0.25) is 14.1 Å². The van der Waals surface area contributed by atoms with Crippen molar-refractivity contribution in [1.29, 1.82) is 0 Å². The molecule has 3 fully saturated rings. The van der Waals surface area contributed by atoms with Crippen molar-refractivity contribution in [3.05, 3.63) is 0 Å². The van der Waals surface area contributed by atoms with Crippen molar-refractivity contribution < 1.29 is 75.2 Å². The number of Topliss-reactive ketones (excluding diaryl/α,β-unsaturated/α-hetero) is 1. The van der Waals surface area contributed by atoms with Crippen molar-refractivity contribution >= 4 is 22.2 Å². The average Bonchev–Trinajstić information content (AvgIpc) is 3.11. The van der Waals surface area contributed by atoms with Gasteiger partial charge in [0.05, 0.1) is 47.6 Å². The van der Waals surface area contributed by atoms with Crippen LogP contribution in [0.4, 0.5) is 0 Å². The van der Waals surface area contributed by atoms with Crippen LogP contribution in [0.25, 0.3) is 0 Å². The van der Waals surface area contributed by atoms with Crippen LogP contribution in [0.1, 0.15) is 94.9 Å². The van der Waals surface area contributed by atoms with Gasteiger partial charge >= 0.3 is 16.4 Å². The van der Waals surface area contributed by atoms with Crippen LogP contribution < -0.4 is 0 Å². The minimum atomic E-state index is -5.02. The second-order valence-corrected chi connectivity index (χ2v) is 18.2. The molecule has 0 aromatic carbocycles. The maximum Gasteiger partial charge on any atom is 0.397 e. The summed E-state index contributed by atoms with van der Waals surface area (Å²) in [6.07, 6.45) is -10.9. The molecule has 3 rings (SSSR count). The average molecular weight is 828 g/mol. The molecule has 4 N–H and O–H groups in total. The van der Waals surface area contributed by atoms with Gasteiger partial charge in [-0.15, -0.1) is 0 Å². The minimum absolute atomic E-state index is 0.0204. The Bertz CT molecular complexity index is 1430. The van der Waals surface area contributed by atoms with Crippen molar-refractivity contribution in [3.63, 3.8) is 0 Å². The largest absolute Gasteiger partial charge is 0.459 e. The van der Waals surface area contributed by atoms with E-state index in [1.807, 2.05) is 0 Å². The number of likely N-dealkylation sites (N-methyl/N-ethyl adjacent to an activating group) is 1. The number of esters is 1. The van der Waals surface area contributed by atoms with Crippen molar-refractivity contribution in [1.82, 2.24) is 4.90 Å². The van der Waals surface area contributed by atoms with Gasteiger partial charge in [0.1, 0.15) is 29.7 Å². The Morgan fingerprint density at radius 3 is 1.96 bits per heavy atom. The SMILES string of the molecule is CC[C@H]1OC(=O)[C@H](C)[C@@H](O[C@H]2C[C@@](C)(OC)[C@@H](O)[C@H](C)O2)[C@H](C)[C@@H](O[C@@H]2O[C@H](C)C[C@H](N(C)C)[C@H]2OS(=O)(=O)O)[C@](C)(OC)C[C@@H](C)C(=O)[C@H](C)[C@@H](O)[C@]1(C)O. The van der Waals surface area contributed by atoms with Crippen LogP contribution in [0, 0.1) is 23.7 Å². The second-order valence-electron chi connectivity index (χ2n) is 17.1. The lowest BCUT2D eigenvalue weighted by Gasteiger charge is -2.50. The standard InChI is InChI=1S/C38H69NO16S/c1-15-26-38(10,44)31(41)21(4)28(40)19(2)17-37(9,49-14)33(54-35-30(55-56(45,46)47)25(39(11)12)16-20(3)50-35)22(5)29(23(6)34(43)52-26)53-27-18-36(8,48-13)32(42)24(7)51-27/h19-27,29-33,35,41-42,44H,15-18H2,1-14H3,(H,45,46,47)/t19-,20-,21+,22+,23-,24+,25+,26-,27+,29+,30-,31-,32+,33-,35+,36-,37-,38-/m1/s1. The third-order valence-corrected chi connectivity index (χ3v) is 12.9. The summed E-state index contributed by atoms with van der Waals surface area (Å²) in [6, 6.07) is -0.619. The fourth-order valence-electron chi connectivity index (χ4n) is 8.81. The lowest BCUT2D eigenvalue weighted by Crippen LogP contribution is -2.62. The molecule has 0 aliphatic carbocycles. The monoisotopic (exact) mass is 827 g/mol. The zero-order valence-corrected chi connectivity index (χ0v) is 36.3. The third-order valence-electron chi connectivity index (χ3n) is 12.5. The predicted octanol–water partition coefficient (Wildman–Crippen LogP) is 2.27. The van der Waals surface area contributed by atoms with Crippen molar-refractivity contribution in [3.8, 4) is 0 Å². The van der Waals surface area contributed by atoms with Crippen LogP contribution in [0.15, 0.2) is 0 Å². The van der Waals surface area contributed by atoms with E-state index in [0.29, 0.717) is 6.42 Å². The fourth-order valence-corrected chi connectivity index (χ4v) is 9.31. The first kappa shape index (κ1) is 49.0.